The minimum atomic E-state index is -4.75. The average molecular weight is 435 g/mol. The van der Waals surface area contributed by atoms with E-state index in [-0.39, 0.29) is 43.9 Å². The fourth-order valence-corrected chi connectivity index (χ4v) is 3.78. The molecule has 0 spiro atoms. The first-order chi connectivity index (χ1) is 13.9. The summed E-state index contributed by atoms with van der Waals surface area (Å²) < 4.78 is 80.3. The summed E-state index contributed by atoms with van der Waals surface area (Å²) in [7, 11) is 0. The quantitative estimate of drug-likeness (QED) is 0.676. The van der Waals surface area contributed by atoms with Crippen LogP contribution in [-0.2, 0) is 31.7 Å². The Morgan fingerprint density at radius 2 is 1.73 bits per heavy atom. The molecule has 2 aromatic rings. The molecule has 0 bridgehead atoms. The Morgan fingerprint density at radius 1 is 1.10 bits per heavy atom. The van der Waals surface area contributed by atoms with Crippen molar-refractivity contribution in [3.05, 3.63) is 52.6 Å². The molecule has 1 aromatic heterocycles. The lowest BCUT2D eigenvalue weighted by atomic mass is 9.98. The molecule has 2 heterocycles. The number of hydrogen-bond donors (Lipinski definition) is 1. The smallest absolute Gasteiger partial charge is 0.435 e. The topological polar surface area (TPSA) is 58.4 Å². The molecule has 1 aromatic carbocycles. The molecule has 1 aliphatic rings. The predicted molar refractivity (Wildman–Crippen MR) is 93.8 cm³/mol. The highest BCUT2D eigenvalue weighted by Crippen LogP contribution is 2.40. The highest BCUT2D eigenvalue weighted by Gasteiger charge is 2.44. The molecule has 164 valence electrons. The molecular weight excluding hydrogens is 416 g/mol. The molecule has 0 saturated carbocycles. The first-order valence-corrected chi connectivity index (χ1v) is 9.25. The maximum absolute atomic E-state index is 13.6. The Morgan fingerprint density at radius 3 is 2.23 bits per heavy atom. The summed E-state index contributed by atoms with van der Waals surface area (Å²) in [5.74, 6) is 0.224. The lowest BCUT2D eigenvalue weighted by molar-refractivity contribution is -0.142. The zero-order chi connectivity index (χ0) is 22.3. The highest BCUT2D eigenvalue weighted by molar-refractivity contribution is 5.66. The number of carboxylic acid groups (broad SMARTS) is 1. The van der Waals surface area contributed by atoms with E-state index in [4.69, 9.17) is 0 Å². The summed E-state index contributed by atoms with van der Waals surface area (Å²) in [5, 5.41) is 9.51. The number of rotatable bonds is 4. The van der Waals surface area contributed by atoms with Crippen LogP contribution in [0.3, 0.4) is 0 Å². The van der Waals surface area contributed by atoms with Crippen molar-refractivity contribution < 1.29 is 36.2 Å². The Balaban J connectivity index is 1.94. The van der Waals surface area contributed by atoms with Crippen LogP contribution in [0.25, 0.3) is 0 Å². The lowest BCUT2D eigenvalue weighted by Crippen LogP contribution is -2.42. The number of hydrogen-bond acceptors (Lipinski definition) is 2. The van der Waals surface area contributed by atoms with Gasteiger partial charge in [-0.15, -0.1) is 0 Å². The molecule has 1 amide bonds. The first kappa shape index (κ1) is 22.0. The summed E-state index contributed by atoms with van der Waals surface area (Å²) >= 11 is 0. The van der Waals surface area contributed by atoms with E-state index in [9.17, 15) is 36.2 Å². The van der Waals surface area contributed by atoms with Gasteiger partial charge in [-0.05, 0) is 30.5 Å². The second kappa shape index (κ2) is 7.84. The van der Waals surface area contributed by atoms with E-state index in [1.54, 1.807) is 6.92 Å². The molecule has 5 nitrogen and oxygen atoms in total. The zero-order valence-corrected chi connectivity index (χ0v) is 15.9. The summed E-state index contributed by atoms with van der Waals surface area (Å²) in [5.41, 5.74) is -1.68. The van der Waals surface area contributed by atoms with Crippen molar-refractivity contribution >= 4 is 6.09 Å². The van der Waals surface area contributed by atoms with Crippen LogP contribution in [0.4, 0.5) is 31.1 Å². The number of imidazole rings is 1. The second-order valence-corrected chi connectivity index (χ2v) is 6.99. The number of fused-ring (bicyclic) bond motifs is 1. The maximum atomic E-state index is 13.6. The van der Waals surface area contributed by atoms with E-state index in [0.29, 0.717) is 5.56 Å². The fraction of sp³-hybridized carbons (Fsp3) is 0.474. The molecule has 0 radical (unpaired) electrons. The number of alkyl halides is 6. The number of amides is 1. The number of nitrogens with zero attached hydrogens (tertiary/aromatic N) is 3. The molecule has 0 fully saturated rings. The number of halogens is 6. The molecule has 1 unspecified atom stereocenters. The normalized spacial score (nSPS) is 17.2. The van der Waals surface area contributed by atoms with Gasteiger partial charge in [-0.1, -0.05) is 19.1 Å². The van der Waals surface area contributed by atoms with Gasteiger partial charge in [0.1, 0.15) is 5.82 Å². The number of aromatic nitrogens is 2. The third-order valence-corrected chi connectivity index (χ3v) is 5.16. The van der Waals surface area contributed by atoms with Crippen LogP contribution in [0.2, 0.25) is 0 Å². The van der Waals surface area contributed by atoms with Gasteiger partial charge in [0.15, 0.2) is 5.69 Å². The van der Waals surface area contributed by atoms with Crippen LogP contribution in [-0.4, -0.2) is 32.2 Å². The number of aryl methyl sites for hydroxylation is 2. The average Bonchev–Trinajstić information content (AvgIpc) is 3.05. The van der Waals surface area contributed by atoms with Crippen molar-refractivity contribution in [1.29, 1.82) is 0 Å². The first-order valence-electron chi connectivity index (χ1n) is 9.25. The zero-order valence-electron chi connectivity index (χ0n) is 15.9. The summed E-state index contributed by atoms with van der Waals surface area (Å²) in [4.78, 5) is 16.3. The Labute approximate surface area is 167 Å². The molecule has 0 aliphatic carbocycles. The standard InChI is InChI=1S/C19H19F6N3O2/c1-2-14-26-16(19(23,24)25)15-13(27(17(29)30)9-10-28(14)15)8-5-11-3-6-12(7-4-11)18(20,21)22/h3-4,6-7,13H,2,5,8-10H2,1H3,(H,29,30). The van der Waals surface area contributed by atoms with Gasteiger partial charge in [-0.2, -0.15) is 26.3 Å². The molecule has 3 rings (SSSR count). The van der Waals surface area contributed by atoms with Crippen LogP contribution >= 0.6 is 0 Å². The van der Waals surface area contributed by atoms with Gasteiger partial charge in [0.05, 0.1) is 17.3 Å². The van der Waals surface area contributed by atoms with Crippen molar-refractivity contribution in [3.63, 3.8) is 0 Å². The van der Waals surface area contributed by atoms with E-state index in [0.717, 1.165) is 17.0 Å². The summed E-state index contributed by atoms with van der Waals surface area (Å²) in [6.45, 7) is 1.72. The SMILES string of the molecule is CCc1nc(C(F)(F)F)c2n1CCN(C(=O)O)C2CCc1ccc(C(F)(F)F)cc1. The third kappa shape index (κ3) is 4.24. The van der Waals surface area contributed by atoms with Crippen molar-refractivity contribution in [2.45, 2.75) is 51.1 Å². The molecule has 1 atom stereocenters. The van der Waals surface area contributed by atoms with Crippen molar-refractivity contribution in [3.8, 4) is 0 Å². The highest BCUT2D eigenvalue weighted by atomic mass is 19.4. The van der Waals surface area contributed by atoms with E-state index in [1.165, 1.54) is 16.7 Å². The van der Waals surface area contributed by atoms with Gasteiger partial charge in [0, 0.05) is 19.5 Å². The van der Waals surface area contributed by atoms with Crippen LogP contribution in [0.5, 0.6) is 0 Å². The van der Waals surface area contributed by atoms with Gasteiger partial charge in [-0.3, -0.25) is 4.90 Å². The molecule has 11 heteroatoms. The van der Waals surface area contributed by atoms with Crippen LogP contribution in [0, 0.1) is 0 Å². The monoisotopic (exact) mass is 435 g/mol. The van der Waals surface area contributed by atoms with E-state index >= 15 is 0 Å². The number of carbonyl (C=O) groups is 1. The minimum absolute atomic E-state index is 0.000663. The van der Waals surface area contributed by atoms with Gasteiger partial charge in [0.25, 0.3) is 0 Å². The van der Waals surface area contributed by atoms with Crippen molar-refractivity contribution in [1.82, 2.24) is 14.5 Å². The molecule has 1 aliphatic heterocycles. The van der Waals surface area contributed by atoms with Gasteiger partial charge >= 0.3 is 18.4 Å². The Hall–Kier alpha value is -2.72. The third-order valence-electron chi connectivity index (χ3n) is 5.16. The van der Waals surface area contributed by atoms with E-state index in [2.05, 4.69) is 4.98 Å². The summed E-state index contributed by atoms with van der Waals surface area (Å²) in [6, 6.07) is 3.17. The predicted octanol–water partition coefficient (Wildman–Crippen LogP) is 5.15. The van der Waals surface area contributed by atoms with E-state index in [1.807, 2.05) is 0 Å². The lowest BCUT2D eigenvalue weighted by Gasteiger charge is -2.36. The Bertz CT molecular complexity index is 918. The maximum Gasteiger partial charge on any atom is 0.435 e. The molecule has 0 saturated heterocycles. The van der Waals surface area contributed by atoms with E-state index < -0.39 is 35.7 Å². The largest absolute Gasteiger partial charge is 0.465 e. The molecule has 1 N–H and O–H groups in total. The van der Waals surface area contributed by atoms with Crippen molar-refractivity contribution in [2.75, 3.05) is 6.54 Å². The van der Waals surface area contributed by atoms with Gasteiger partial charge in [-0.25, -0.2) is 9.78 Å². The molecule has 30 heavy (non-hydrogen) atoms. The van der Waals surface area contributed by atoms with Crippen molar-refractivity contribution in [2.24, 2.45) is 0 Å². The number of benzene rings is 1. The van der Waals surface area contributed by atoms with Gasteiger partial charge in [0.2, 0.25) is 0 Å². The molecular formula is C19H19F6N3O2. The summed E-state index contributed by atoms with van der Waals surface area (Å²) in [6.07, 6.45) is -10.3. The van der Waals surface area contributed by atoms with Crippen LogP contribution < -0.4 is 0 Å². The second-order valence-electron chi connectivity index (χ2n) is 6.99. The van der Waals surface area contributed by atoms with Crippen LogP contribution in [0.15, 0.2) is 24.3 Å². The fourth-order valence-electron chi connectivity index (χ4n) is 3.78. The minimum Gasteiger partial charge on any atom is -0.465 e. The Kier molecular flexibility index (Phi) is 5.74. The van der Waals surface area contributed by atoms with Crippen LogP contribution in [0.1, 0.15) is 47.7 Å². The van der Waals surface area contributed by atoms with Gasteiger partial charge < -0.3 is 9.67 Å².